The number of ether oxygens (including phenoxy) is 1. The van der Waals surface area contributed by atoms with Crippen molar-refractivity contribution in [2.75, 3.05) is 23.3 Å². The number of amides is 1. The Bertz CT molecular complexity index is 1670. The normalized spacial score (nSPS) is 17.5. The molecule has 2 N–H and O–H groups in total. The zero-order chi connectivity index (χ0) is 27.1. The third-order valence-corrected chi connectivity index (χ3v) is 6.75. The fourth-order valence-corrected chi connectivity index (χ4v) is 5.18. The largest absolute Gasteiger partial charge is 0.452 e. The maximum absolute atomic E-state index is 13.6. The number of fused-ring (bicyclic) bond motifs is 2. The molecule has 1 aliphatic heterocycles. The van der Waals surface area contributed by atoms with Crippen molar-refractivity contribution in [3.05, 3.63) is 78.3 Å². The van der Waals surface area contributed by atoms with Crippen LogP contribution in [0.2, 0.25) is 0 Å². The van der Waals surface area contributed by atoms with Gasteiger partial charge in [-0.3, -0.25) is 19.7 Å². The fraction of sp³-hybridized carbons (Fsp3) is 0.276. The van der Waals surface area contributed by atoms with Gasteiger partial charge in [0.1, 0.15) is 16.8 Å². The van der Waals surface area contributed by atoms with Gasteiger partial charge in [0.2, 0.25) is 0 Å². The molecule has 1 saturated heterocycles. The van der Waals surface area contributed by atoms with Crippen molar-refractivity contribution in [2.45, 2.75) is 39.8 Å². The molecular weight excluding hydrogens is 492 g/mol. The molecule has 0 aliphatic carbocycles. The standard InChI is InChI=1S/C29H30N8O2/c1-17-5-6-22(12-32-17)39-25-11-21(16-37-15-20(4)34-28(25)37)35-29(38)23-7-8-24(27-26(23)30-9-10-31-27)36-13-18(2)33-19(3)14-36/h5-12,15-16,18-19,33H,13-14H2,1-4H3,(H,35,38)/t18-,19+. The lowest BCUT2D eigenvalue weighted by atomic mass is 10.1. The SMILES string of the molecule is Cc1ccc(Oc2cc(NC(=O)c3ccc(N4C[C@@H](C)N[C@@H](C)C4)c4nccnc34)cn3cc(C)nc23)cn1. The Morgan fingerprint density at radius 2 is 1.74 bits per heavy atom. The summed E-state index contributed by atoms with van der Waals surface area (Å²) >= 11 is 0. The average molecular weight is 523 g/mol. The van der Waals surface area contributed by atoms with E-state index in [2.05, 4.69) is 49.3 Å². The van der Waals surface area contributed by atoms with Crippen LogP contribution in [0.5, 0.6) is 11.5 Å². The predicted octanol–water partition coefficient (Wildman–Crippen LogP) is 4.52. The van der Waals surface area contributed by atoms with Crippen molar-refractivity contribution in [1.29, 1.82) is 0 Å². The molecule has 1 aromatic carbocycles. The van der Waals surface area contributed by atoms with Gasteiger partial charge in [-0.15, -0.1) is 0 Å². The van der Waals surface area contributed by atoms with Gasteiger partial charge in [-0.1, -0.05) is 0 Å². The Morgan fingerprint density at radius 3 is 2.49 bits per heavy atom. The topological polar surface area (TPSA) is 110 Å². The third-order valence-electron chi connectivity index (χ3n) is 6.75. The van der Waals surface area contributed by atoms with Crippen LogP contribution in [0.3, 0.4) is 0 Å². The van der Waals surface area contributed by atoms with E-state index in [0.717, 1.165) is 30.2 Å². The number of benzene rings is 1. The average Bonchev–Trinajstić information content (AvgIpc) is 3.29. The lowest BCUT2D eigenvalue weighted by Crippen LogP contribution is -2.54. The summed E-state index contributed by atoms with van der Waals surface area (Å²) in [5.74, 6) is 0.807. The summed E-state index contributed by atoms with van der Waals surface area (Å²) in [6.45, 7) is 9.88. The number of hydrogen-bond donors (Lipinski definition) is 2. The second-order valence-corrected chi connectivity index (χ2v) is 10.2. The first-order chi connectivity index (χ1) is 18.8. The Balaban J connectivity index is 1.34. The number of hydrogen-bond acceptors (Lipinski definition) is 8. The number of imidazole rings is 1. The van der Waals surface area contributed by atoms with Crippen LogP contribution in [0.4, 0.5) is 11.4 Å². The Morgan fingerprint density at radius 1 is 0.974 bits per heavy atom. The van der Waals surface area contributed by atoms with E-state index in [4.69, 9.17) is 4.74 Å². The second-order valence-electron chi connectivity index (χ2n) is 10.2. The van der Waals surface area contributed by atoms with Gasteiger partial charge >= 0.3 is 0 Å². The predicted molar refractivity (Wildman–Crippen MR) is 151 cm³/mol. The van der Waals surface area contributed by atoms with Crippen molar-refractivity contribution in [1.82, 2.24) is 29.7 Å². The smallest absolute Gasteiger partial charge is 0.257 e. The minimum Gasteiger partial charge on any atom is -0.452 e. The minimum atomic E-state index is -0.284. The number of aromatic nitrogens is 5. The molecule has 198 valence electrons. The number of aryl methyl sites for hydroxylation is 2. The van der Waals surface area contributed by atoms with Gasteiger partial charge in [-0.25, -0.2) is 4.98 Å². The van der Waals surface area contributed by atoms with E-state index in [9.17, 15) is 4.79 Å². The molecular formula is C29H30N8O2. The first-order valence-electron chi connectivity index (χ1n) is 13.0. The molecule has 5 aromatic rings. The summed E-state index contributed by atoms with van der Waals surface area (Å²) in [5, 5.41) is 6.58. The molecule has 2 atom stereocenters. The van der Waals surface area contributed by atoms with E-state index in [1.807, 2.05) is 54.9 Å². The number of nitrogens with one attached hydrogen (secondary N) is 2. The van der Waals surface area contributed by atoms with Crippen molar-refractivity contribution in [2.24, 2.45) is 0 Å². The molecule has 0 bridgehead atoms. The van der Waals surface area contributed by atoms with Gasteiger partial charge in [0.05, 0.1) is 28.8 Å². The van der Waals surface area contributed by atoms with E-state index >= 15 is 0 Å². The summed E-state index contributed by atoms with van der Waals surface area (Å²) < 4.78 is 7.97. The zero-order valence-electron chi connectivity index (χ0n) is 22.3. The highest BCUT2D eigenvalue weighted by Gasteiger charge is 2.25. The highest BCUT2D eigenvalue weighted by atomic mass is 16.5. The van der Waals surface area contributed by atoms with Gasteiger partial charge < -0.3 is 24.7 Å². The molecule has 1 amide bonds. The van der Waals surface area contributed by atoms with Crippen LogP contribution in [0.1, 0.15) is 35.6 Å². The number of carbonyl (C=O) groups excluding carboxylic acids is 1. The van der Waals surface area contributed by atoms with E-state index in [-0.39, 0.29) is 5.91 Å². The van der Waals surface area contributed by atoms with Crippen LogP contribution in [0.15, 0.2) is 61.3 Å². The summed E-state index contributed by atoms with van der Waals surface area (Å²) in [6.07, 6.45) is 8.66. The van der Waals surface area contributed by atoms with Crippen molar-refractivity contribution >= 4 is 34.0 Å². The highest BCUT2D eigenvalue weighted by Crippen LogP contribution is 2.31. The lowest BCUT2D eigenvalue weighted by Gasteiger charge is -2.38. The molecule has 0 saturated carbocycles. The second kappa shape index (κ2) is 9.95. The number of pyridine rings is 2. The molecule has 0 spiro atoms. The van der Waals surface area contributed by atoms with Crippen LogP contribution < -0.4 is 20.3 Å². The van der Waals surface area contributed by atoms with Crippen LogP contribution >= 0.6 is 0 Å². The van der Waals surface area contributed by atoms with Crippen molar-refractivity contribution in [3.63, 3.8) is 0 Å². The molecule has 0 radical (unpaired) electrons. The first-order valence-corrected chi connectivity index (χ1v) is 13.0. The first kappa shape index (κ1) is 24.7. The third kappa shape index (κ3) is 4.98. The van der Waals surface area contributed by atoms with Crippen LogP contribution in [-0.2, 0) is 0 Å². The molecule has 0 unspecified atom stereocenters. The molecule has 1 aliphatic rings. The van der Waals surface area contributed by atoms with Gasteiger partial charge in [0.25, 0.3) is 5.91 Å². The maximum Gasteiger partial charge on any atom is 0.257 e. The molecule has 1 fully saturated rings. The van der Waals surface area contributed by atoms with Gasteiger partial charge in [-0.05, 0) is 52.0 Å². The van der Waals surface area contributed by atoms with Gasteiger partial charge in [0.15, 0.2) is 11.4 Å². The Labute approximate surface area is 226 Å². The van der Waals surface area contributed by atoms with Crippen LogP contribution in [0, 0.1) is 13.8 Å². The molecule has 10 heteroatoms. The highest BCUT2D eigenvalue weighted by molar-refractivity contribution is 6.13. The Hall–Kier alpha value is -4.57. The number of nitrogens with zero attached hydrogens (tertiary/aromatic N) is 6. The molecule has 5 heterocycles. The van der Waals surface area contributed by atoms with E-state index < -0.39 is 0 Å². The summed E-state index contributed by atoms with van der Waals surface area (Å²) in [6, 6.07) is 9.99. The van der Waals surface area contributed by atoms with Crippen molar-refractivity contribution in [3.8, 4) is 11.5 Å². The van der Waals surface area contributed by atoms with E-state index in [0.29, 0.717) is 51.5 Å². The lowest BCUT2D eigenvalue weighted by molar-refractivity contribution is 0.102. The quantitative estimate of drug-likeness (QED) is 0.347. The summed E-state index contributed by atoms with van der Waals surface area (Å²) in [4.78, 5) is 34.0. The molecule has 6 rings (SSSR count). The molecule has 10 nitrogen and oxygen atoms in total. The number of anilines is 2. The fourth-order valence-electron chi connectivity index (χ4n) is 5.18. The minimum absolute atomic E-state index is 0.284. The molecule has 4 aromatic heterocycles. The van der Waals surface area contributed by atoms with Crippen LogP contribution in [-0.4, -0.2) is 55.4 Å². The zero-order valence-corrected chi connectivity index (χ0v) is 22.3. The summed E-state index contributed by atoms with van der Waals surface area (Å²) in [7, 11) is 0. The van der Waals surface area contributed by atoms with Gasteiger partial charge in [0, 0.05) is 61.7 Å². The molecule has 39 heavy (non-hydrogen) atoms. The number of carbonyl (C=O) groups is 1. The monoisotopic (exact) mass is 522 g/mol. The van der Waals surface area contributed by atoms with E-state index in [1.54, 1.807) is 24.7 Å². The van der Waals surface area contributed by atoms with E-state index in [1.165, 1.54) is 0 Å². The Kier molecular flexibility index (Phi) is 6.32. The number of rotatable bonds is 5. The summed E-state index contributed by atoms with van der Waals surface area (Å²) in [5.41, 5.74) is 5.64. The number of piperazine rings is 1. The van der Waals surface area contributed by atoms with Crippen LogP contribution in [0.25, 0.3) is 16.7 Å². The maximum atomic E-state index is 13.6. The van der Waals surface area contributed by atoms with Crippen molar-refractivity contribution < 1.29 is 9.53 Å². The van der Waals surface area contributed by atoms with Gasteiger partial charge in [-0.2, -0.15) is 0 Å².